The van der Waals surface area contributed by atoms with E-state index in [-0.39, 0.29) is 29.0 Å². The lowest BCUT2D eigenvalue weighted by atomic mass is 10.1. The lowest BCUT2D eigenvalue weighted by Gasteiger charge is -2.10. The SMILES string of the molecule is C=CCN1C(=O)c2ccc(C(=O)OCC(=O)c3cc(C)n(CCc4ccccc4)c3C)cc2C1=O. The molecule has 0 atom stereocenters. The first kappa shape index (κ1) is 23.9. The molecule has 1 aliphatic rings. The number of benzene rings is 2. The Bertz CT molecular complexity index is 1340. The second kappa shape index (κ2) is 9.93. The molecule has 178 valence electrons. The van der Waals surface area contributed by atoms with Gasteiger partial charge in [0.2, 0.25) is 5.78 Å². The molecule has 0 saturated carbocycles. The van der Waals surface area contributed by atoms with Crippen LogP contribution < -0.4 is 0 Å². The second-order valence-corrected chi connectivity index (χ2v) is 8.44. The third-order valence-corrected chi connectivity index (χ3v) is 6.19. The molecule has 0 aliphatic carbocycles. The van der Waals surface area contributed by atoms with Crippen molar-refractivity contribution in [2.45, 2.75) is 26.8 Å². The van der Waals surface area contributed by atoms with Crippen LogP contribution in [0.4, 0.5) is 0 Å². The molecule has 0 saturated heterocycles. The zero-order valence-corrected chi connectivity index (χ0v) is 19.7. The van der Waals surface area contributed by atoms with Gasteiger partial charge in [0.1, 0.15) is 0 Å². The molecule has 0 fully saturated rings. The largest absolute Gasteiger partial charge is 0.454 e. The van der Waals surface area contributed by atoms with Crippen LogP contribution >= 0.6 is 0 Å². The summed E-state index contributed by atoms with van der Waals surface area (Å²) in [5.41, 5.74) is 3.98. The fraction of sp³-hybridized carbons (Fsp3) is 0.214. The number of nitrogens with zero attached hydrogens (tertiary/aromatic N) is 2. The molecule has 0 unspecified atom stereocenters. The Morgan fingerprint density at radius 1 is 0.971 bits per heavy atom. The van der Waals surface area contributed by atoms with E-state index in [0.29, 0.717) is 5.56 Å². The number of Topliss-reactive ketones (excluding diaryl/α,β-unsaturated/α-hetero) is 1. The molecule has 1 aromatic heterocycles. The van der Waals surface area contributed by atoms with Crippen LogP contribution in [0.15, 0.2) is 67.3 Å². The maximum Gasteiger partial charge on any atom is 0.338 e. The van der Waals surface area contributed by atoms with Crippen LogP contribution in [0.25, 0.3) is 0 Å². The van der Waals surface area contributed by atoms with Gasteiger partial charge in [0.15, 0.2) is 6.61 Å². The fourth-order valence-corrected chi connectivity index (χ4v) is 4.32. The predicted molar refractivity (Wildman–Crippen MR) is 131 cm³/mol. The molecule has 1 aliphatic heterocycles. The van der Waals surface area contributed by atoms with E-state index in [0.717, 1.165) is 29.3 Å². The number of ether oxygens (including phenoxy) is 1. The molecule has 7 nitrogen and oxygen atoms in total. The summed E-state index contributed by atoms with van der Waals surface area (Å²) in [4.78, 5) is 51.3. The fourth-order valence-electron chi connectivity index (χ4n) is 4.32. The van der Waals surface area contributed by atoms with Crippen molar-refractivity contribution >= 4 is 23.6 Å². The molecular weight excluding hydrogens is 444 g/mol. The Morgan fingerprint density at radius 3 is 2.40 bits per heavy atom. The first-order valence-corrected chi connectivity index (χ1v) is 11.3. The van der Waals surface area contributed by atoms with Gasteiger partial charge in [0.25, 0.3) is 11.8 Å². The lowest BCUT2D eigenvalue weighted by molar-refractivity contribution is 0.0474. The number of fused-ring (bicyclic) bond motifs is 1. The monoisotopic (exact) mass is 470 g/mol. The van der Waals surface area contributed by atoms with Gasteiger partial charge in [-0.1, -0.05) is 36.4 Å². The zero-order valence-electron chi connectivity index (χ0n) is 19.7. The number of aryl methyl sites for hydroxylation is 2. The number of amides is 2. The minimum Gasteiger partial charge on any atom is -0.454 e. The van der Waals surface area contributed by atoms with E-state index in [1.165, 1.54) is 29.8 Å². The molecule has 2 amide bonds. The average Bonchev–Trinajstić information content (AvgIpc) is 3.28. The maximum atomic E-state index is 12.8. The standard InChI is InChI=1S/C28H26N2O5/c1-4-13-30-26(32)22-11-10-21(16-24(22)27(30)33)28(34)35-17-25(31)23-15-18(2)29(19(23)3)14-12-20-8-6-5-7-9-20/h4-11,15-16H,1,12-14,17H2,2-3H3. The molecule has 0 spiro atoms. The summed E-state index contributed by atoms with van der Waals surface area (Å²) >= 11 is 0. The minimum absolute atomic E-state index is 0.0877. The highest BCUT2D eigenvalue weighted by Gasteiger charge is 2.35. The average molecular weight is 471 g/mol. The van der Waals surface area contributed by atoms with Crippen LogP contribution in [-0.2, 0) is 17.7 Å². The zero-order chi connectivity index (χ0) is 25.1. The topological polar surface area (TPSA) is 85.7 Å². The molecule has 0 N–H and O–H groups in total. The van der Waals surface area contributed by atoms with Crippen molar-refractivity contribution < 1.29 is 23.9 Å². The molecule has 4 rings (SSSR count). The van der Waals surface area contributed by atoms with Crippen molar-refractivity contribution in [2.75, 3.05) is 13.2 Å². The number of esters is 1. The molecule has 35 heavy (non-hydrogen) atoms. The van der Waals surface area contributed by atoms with Crippen molar-refractivity contribution in [1.29, 1.82) is 0 Å². The number of carbonyl (C=O) groups excluding carboxylic acids is 4. The first-order valence-electron chi connectivity index (χ1n) is 11.3. The van der Waals surface area contributed by atoms with Crippen molar-refractivity contribution in [3.8, 4) is 0 Å². The molecule has 3 aromatic rings. The van der Waals surface area contributed by atoms with Gasteiger partial charge in [-0.2, -0.15) is 0 Å². The molecule has 7 heteroatoms. The molecule has 2 aromatic carbocycles. The van der Waals surface area contributed by atoms with Gasteiger partial charge in [0, 0.05) is 30.0 Å². The lowest BCUT2D eigenvalue weighted by Crippen LogP contribution is -2.29. The van der Waals surface area contributed by atoms with E-state index in [9.17, 15) is 19.2 Å². The van der Waals surface area contributed by atoms with E-state index in [1.54, 1.807) is 0 Å². The van der Waals surface area contributed by atoms with E-state index < -0.39 is 24.4 Å². The van der Waals surface area contributed by atoms with Crippen LogP contribution in [0.5, 0.6) is 0 Å². The number of aromatic nitrogens is 1. The Hall–Kier alpha value is -4.26. The first-order chi connectivity index (χ1) is 16.8. The number of imide groups is 1. The van der Waals surface area contributed by atoms with Gasteiger partial charge in [-0.15, -0.1) is 6.58 Å². The molecule has 2 heterocycles. The highest BCUT2D eigenvalue weighted by atomic mass is 16.5. The Labute approximate surface area is 203 Å². The van der Waals surface area contributed by atoms with Crippen molar-refractivity contribution in [2.24, 2.45) is 0 Å². The smallest absolute Gasteiger partial charge is 0.338 e. The van der Waals surface area contributed by atoms with Gasteiger partial charge in [0.05, 0.1) is 16.7 Å². The van der Waals surface area contributed by atoms with Crippen LogP contribution in [0.3, 0.4) is 0 Å². The van der Waals surface area contributed by atoms with E-state index in [4.69, 9.17) is 4.74 Å². The number of hydrogen-bond acceptors (Lipinski definition) is 5. The Morgan fingerprint density at radius 2 is 1.69 bits per heavy atom. The summed E-state index contributed by atoms with van der Waals surface area (Å²) in [5, 5.41) is 0. The predicted octanol–water partition coefficient (Wildman–Crippen LogP) is 4.17. The minimum atomic E-state index is -0.735. The third kappa shape index (κ3) is 4.71. The summed E-state index contributed by atoms with van der Waals surface area (Å²) in [6, 6.07) is 16.1. The molecular formula is C28H26N2O5. The van der Waals surface area contributed by atoms with Gasteiger partial charge >= 0.3 is 5.97 Å². The van der Waals surface area contributed by atoms with E-state index >= 15 is 0 Å². The van der Waals surface area contributed by atoms with Gasteiger partial charge in [-0.3, -0.25) is 19.3 Å². The summed E-state index contributed by atoms with van der Waals surface area (Å²) in [7, 11) is 0. The highest BCUT2D eigenvalue weighted by Crippen LogP contribution is 2.24. The Balaban J connectivity index is 1.41. The van der Waals surface area contributed by atoms with Crippen molar-refractivity contribution in [3.63, 3.8) is 0 Å². The van der Waals surface area contributed by atoms with E-state index in [2.05, 4.69) is 23.3 Å². The number of rotatable bonds is 9. The highest BCUT2D eigenvalue weighted by molar-refractivity contribution is 6.22. The normalized spacial score (nSPS) is 12.6. The summed E-state index contributed by atoms with van der Waals surface area (Å²) < 4.78 is 7.33. The molecule has 0 radical (unpaired) electrons. The third-order valence-electron chi connectivity index (χ3n) is 6.19. The van der Waals surface area contributed by atoms with Gasteiger partial charge < -0.3 is 9.30 Å². The number of ketones is 1. The van der Waals surface area contributed by atoms with Crippen molar-refractivity contribution in [3.05, 3.63) is 106 Å². The van der Waals surface area contributed by atoms with Crippen LogP contribution in [0.1, 0.15) is 58.4 Å². The Kier molecular flexibility index (Phi) is 6.78. The van der Waals surface area contributed by atoms with Gasteiger partial charge in [-0.25, -0.2) is 4.79 Å². The number of hydrogen-bond donors (Lipinski definition) is 0. The number of carbonyl (C=O) groups is 4. The van der Waals surface area contributed by atoms with Crippen LogP contribution in [-0.4, -0.2) is 46.2 Å². The van der Waals surface area contributed by atoms with Crippen LogP contribution in [0, 0.1) is 13.8 Å². The van der Waals surface area contributed by atoms with Crippen LogP contribution in [0.2, 0.25) is 0 Å². The second-order valence-electron chi connectivity index (χ2n) is 8.44. The van der Waals surface area contributed by atoms with Gasteiger partial charge in [-0.05, 0) is 50.1 Å². The van der Waals surface area contributed by atoms with E-state index in [1.807, 2.05) is 38.1 Å². The summed E-state index contributed by atoms with van der Waals surface area (Å²) in [6.07, 6.45) is 2.30. The van der Waals surface area contributed by atoms with Crippen molar-refractivity contribution in [1.82, 2.24) is 9.47 Å². The quantitative estimate of drug-likeness (QED) is 0.203. The summed E-state index contributed by atoms with van der Waals surface area (Å²) in [6.45, 7) is 7.78. The molecule has 0 bridgehead atoms. The summed E-state index contributed by atoms with van der Waals surface area (Å²) in [5.74, 6) is -1.95. The maximum absolute atomic E-state index is 12.8.